The first kappa shape index (κ1) is 17.6. The van der Waals surface area contributed by atoms with Gasteiger partial charge < -0.3 is 10.4 Å². The highest BCUT2D eigenvalue weighted by Crippen LogP contribution is 2.34. The molecule has 1 aromatic heterocycles. The van der Waals surface area contributed by atoms with Crippen molar-refractivity contribution < 1.29 is 5.11 Å². The number of aromatic nitrogens is 1. The Hall–Kier alpha value is -3.17. The van der Waals surface area contributed by atoms with Gasteiger partial charge in [0, 0.05) is 23.7 Å². The average Bonchev–Trinajstić information content (AvgIpc) is 2.69. The first-order chi connectivity index (χ1) is 12.7. The van der Waals surface area contributed by atoms with Crippen LogP contribution in [0.25, 0.3) is 10.9 Å². The molecule has 26 heavy (non-hydrogen) atoms. The summed E-state index contributed by atoms with van der Waals surface area (Å²) in [5.74, 6) is 0.206. The molecule has 1 heterocycles. The van der Waals surface area contributed by atoms with Crippen LogP contribution in [0.3, 0.4) is 0 Å². The Bertz CT molecular complexity index is 945. The molecule has 0 saturated carbocycles. The van der Waals surface area contributed by atoms with E-state index in [-0.39, 0.29) is 11.8 Å². The van der Waals surface area contributed by atoms with Crippen molar-refractivity contribution in [1.82, 2.24) is 10.3 Å². The van der Waals surface area contributed by atoms with Gasteiger partial charge in [-0.1, -0.05) is 79.9 Å². The normalized spacial score (nSPS) is 12.7. The van der Waals surface area contributed by atoms with E-state index < -0.39 is 0 Å². The quantitative estimate of drug-likeness (QED) is 0.599. The van der Waals surface area contributed by atoms with Crippen molar-refractivity contribution in [2.45, 2.75) is 6.04 Å². The SMILES string of the molecule is C=C/C=C(\C=C)CNC(c1ccccc1)c1ccc2cccnc2c1O. The molecular weight excluding hydrogens is 320 g/mol. The number of phenolic OH excluding ortho intramolecular Hbond substituents is 1. The molecule has 0 aliphatic heterocycles. The summed E-state index contributed by atoms with van der Waals surface area (Å²) in [5.41, 5.74) is 3.50. The number of hydrogen-bond acceptors (Lipinski definition) is 3. The van der Waals surface area contributed by atoms with Gasteiger partial charge in [0.1, 0.15) is 11.3 Å². The molecule has 130 valence electrons. The Morgan fingerprint density at radius 2 is 1.88 bits per heavy atom. The summed E-state index contributed by atoms with van der Waals surface area (Å²) >= 11 is 0. The maximum atomic E-state index is 10.9. The summed E-state index contributed by atoms with van der Waals surface area (Å²) in [6.45, 7) is 8.19. The van der Waals surface area contributed by atoms with Crippen LogP contribution in [-0.4, -0.2) is 16.6 Å². The second kappa shape index (κ2) is 8.28. The van der Waals surface area contributed by atoms with Gasteiger partial charge in [-0.05, 0) is 17.2 Å². The van der Waals surface area contributed by atoms with E-state index in [9.17, 15) is 5.11 Å². The Morgan fingerprint density at radius 1 is 1.08 bits per heavy atom. The molecule has 0 aliphatic carbocycles. The van der Waals surface area contributed by atoms with Gasteiger partial charge in [-0.15, -0.1) is 0 Å². The first-order valence-electron chi connectivity index (χ1n) is 8.53. The van der Waals surface area contributed by atoms with Crippen molar-refractivity contribution in [2.24, 2.45) is 0 Å². The number of aromatic hydroxyl groups is 1. The molecular formula is C23H22N2O. The molecule has 2 N–H and O–H groups in total. The molecule has 3 nitrogen and oxygen atoms in total. The Labute approximate surface area is 154 Å². The number of hydrogen-bond donors (Lipinski definition) is 2. The lowest BCUT2D eigenvalue weighted by atomic mass is 9.96. The number of nitrogens with one attached hydrogen (secondary N) is 1. The molecule has 0 fully saturated rings. The fourth-order valence-corrected chi connectivity index (χ4v) is 3.00. The van der Waals surface area contributed by atoms with Gasteiger partial charge >= 0.3 is 0 Å². The number of phenols is 1. The molecule has 0 spiro atoms. The second-order valence-corrected chi connectivity index (χ2v) is 5.98. The third-order valence-electron chi connectivity index (χ3n) is 4.33. The lowest BCUT2D eigenvalue weighted by molar-refractivity contribution is 0.464. The summed E-state index contributed by atoms with van der Waals surface area (Å²) in [6, 6.07) is 17.6. The van der Waals surface area contributed by atoms with Gasteiger partial charge in [0.25, 0.3) is 0 Å². The molecule has 3 heteroatoms. The minimum Gasteiger partial charge on any atom is -0.505 e. The van der Waals surface area contributed by atoms with E-state index in [0.717, 1.165) is 22.1 Å². The zero-order valence-corrected chi connectivity index (χ0v) is 14.6. The highest BCUT2D eigenvalue weighted by atomic mass is 16.3. The molecule has 0 bridgehead atoms. The molecule has 1 unspecified atom stereocenters. The number of rotatable bonds is 7. The van der Waals surface area contributed by atoms with Gasteiger partial charge in [-0.3, -0.25) is 4.98 Å². The maximum Gasteiger partial charge on any atom is 0.146 e. The Kier molecular flexibility index (Phi) is 5.62. The smallest absolute Gasteiger partial charge is 0.146 e. The van der Waals surface area contributed by atoms with Crippen LogP contribution < -0.4 is 5.32 Å². The van der Waals surface area contributed by atoms with Crippen molar-refractivity contribution >= 4 is 10.9 Å². The van der Waals surface area contributed by atoms with E-state index in [1.54, 1.807) is 18.3 Å². The van der Waals surface area contributed by atoms with Gasteiger partial charge in [-0.2, -0.15) is 0 Å². The van der Waals surface area contributed by atoms with Crippen LogP contribution in [0.1, 0.15) is 17.2 Å². The summed E-state index contributed by atoms with van der Waals surface area (Å²) in [5, 5.41) is 15.3. The van der Waals surface area contributed by atoms with Crippen molar-refractivity contribution in [3.8, 4) is 5.75 Å². The fourth-order valence-electron chi connectivity index (χ4n) is 3.00. The van der Waals surface area contributed by atoms with Crippen LogP contribution in [-0.2, 0) is 0 Å². The highest BCUT2D eigenvalue weighted by Gasteiger charge is 2.19. The van der Waals surface area contributed by atoms with Crippen LogP contribution in [0, 0.1) is 0 Å². The van der Waals surface area contributed by atoms with Crippen LogP contribution in [0.4, 0.5) is 0 Å². The van der Waals surface area contributed by atoms with Crippen molar-refractivity contribution in [2.75, 3.05) is 6.54 Å². The molecule has 0 saturated heterocycles. The molecule has 2 aromatic carbocycles. The van der Waals surface area contributed by atoms with Crippen molar-refractivity contribution in [3.63, 3.8) is 0 Å². The van der Waals surface area contributed by atoms with Crippen LogP contribution in [0.2, 0.25) is 0 Å². The minimum atomic E-state index is -0.171. The predicted octanol–water partition coefficient (Wildman–Crippen LogP) is 4.92. The van der Waals surface area contributed by atoms with Gasteiger partial charge in [0.2, 0.25) is 0 Å². The zero-order valence-electron chi connectivity index (χ0n) is 14.6. The molecule has 3 aromatic rings. The lowest BCUT2D eigenvalue weighted by Gasteiger charge is -2.22. The van der Waals surface area contributed by atoms with Crippen LogP contribution in [0.15, 0.2) is 97.8 Å². The zero-order chi connectivity index (χ0) is 18.4. The number of pyridine rings is 1. The maximum absolute atomic E-state index is 10.9. The average molecular weight is 342 g/mol. The number of allylic oxidation sites excluding steroid dienone is 2. The largest absolute Gasteiger partial charge is 0.505 e. The molecule has 0 radical (unpaired) electrons. The van der Waals surface area contributed by atoms with E-state index in [0.29, 0.717) is 12.1 Å². The summed E-state index contributed by atoms with van der Waals surface area (Å²) in [6.07, 6.45) is 7.16. The number of nitrogens with zero attached hydrogens (tertiary/aromatic N) is 1. The van der Waals surface area contributed by atoms with Gasteiger partial charge in [0.05, 0.1) is 6.04 Å². The topological polar surface area (TPSA) is 45.2 Å². The van der Waals surface area contributed by atoms with Gasteiger partial charge in [-0.25, -0.2) is 0 Å². The number of benzene rings is 2. The highest BCUT2D eigenvalue weighted by molar-refractivity contribution is 5.85. The minimum absolute atomic E-state index is 0.171. The predicted molar refractivity (Wildman–Crippen MR) is 108 cm³/mol. The van der Waals surface area contributed by atoms with Crippen molar-refractivity contribution in [3.05, 3.63) is 109 Å². The van der Waals surface area contributed by atoms with Crippen molar-refractivity contribution in [1.29, 1.82) is 0 Å². The Balaban J connectivity index is 2.03. The number of fused-ring (bicyclic) bond motifs is 1. The lowest BCUT2D eigenvalue weighted by Crippen LogP contribution is -2.24. The van der Waals surface area contributed by atoms with E-state index in [4.69, 9.17) is 0 Å². The molecule has 1 atom stereocenters. The van der Waals surface area contributed by atoms with E-state index in [1.807, 2.05) is 60.7 Å². The van der Waals surface area contributed by atoms with E-state index in [2.05, 4.69) is 23.5 Å². The fraction of sp³-hybridized carbons (Fsp3) is 0.0870. The molecule has 0 amide bonds. The molecule has 3 rings (SSSR count). The first-order valence-corrected chi connectivity index (χ1v) is 8.53. The standard InChI is InChI=1S/C23H22N2O/c1-3-9-17(4-2)16-25-21(18-10-6-5-7-11-18)20-14-13-19-12-8-15-24-22(19)23(20)26/h3-15,21,25-26H,1-2,16H2/b17-9+. The Morgan fingerprint density at radius 3 is 2.62 bits per heavy atom. The van der Waals surface area contributed by atoms with E-state index >= 15 is 0 Å². The third-order valence-corrected chi connectivity index (χ3v) is 4.33. The summed E-state index contributed by atoms with van der Waals surface area (Å²) in [7, 11) is 0. The van der Waals surface area contributed by atoms with E-state index in [1.165, 1.54) is 0 Å². The van der Waals surface area contributed by atoms with Gasteiger partial charge in [0.15, 0.2) is 0 Å². The molecule has 0 aliphatic rings. The monoisotopic (exact) mass is 342 g/mol. The summed E-state index contributed by atoms with van der Waals surface area (Å²) < 4.78 is 0. The summed E-state index contributed by atoms with van der Waals surface area (Å²) in [4.78, 5) is 4.34. The van der Waals surface area contributed by atoms with Crippen LogP contribution in [0.5, 0.6) is 5.75 Å². The van der Waals surface area contributed by atoms with Crippen LogP contribution >= 0.6 is 0 Å². The third kappa shape index (κ3) is 3.73. The second-order valence-electron chi connectivity index (χ2n) is 5.98.